The highest BCUT2D eigenvalue weighted by Gasteiger charge is 2.27. The molecule has 2 heterocycles. The van der Waals surface area contributed by atoms with Gasteiger partial charge < -0.3 is 4.90 Å². The van der Waals surface area contributed by atoms with Crippen molar-refractivity contribution in [3.05, 3.63) is 88.5 Å². The topological polar surface area (TPSA) is 49.0 Å². The number of hydrogen-bond donors (Lipinski definition) is 1. The summed E-state index contributed by atoms with van der Waals surface area (Å²) in [6, 6.07) is 11.5. The lowest BCUT2D eigenvalue weighted by Crippen LogP contribution is -2.39. The Kier molecular flexibility index (Phi) is 5.38. The van der Waals surface area contributed by atoms with E-state index in [1.807, 2.05) is 6.07 Å². The zero-order valence-electron chi connectivity index (χ0n) is 15.7. The quantitative estimate of drug-likeness (QED) is 0.705. The van der Waals surface area contributed by atoms with E-state index in [4.69, 9.17) is 0 Å². The van der Waals surface area contributed by atoms with E-state index in [1.165, 1.54) is 18.2 Å². The average molecular weight is 399 g/mol. The second kappa shape index (κ2) is 8.11. The molecule has 1 aliphatic heterocycles. The number of carbonyl (C=O) groups excluding carboxylic acids is 1. The monoisotopic (exact) mass is 399 g/mol. The minimum atomic E-state index is -1.02. The smallest absolute Gasteiger partial charge is 0.253 e. The maximum absolute atomic E-state index is 13.5. The van der Waals surface area contributed by atoms with Crippen molar-refractivity contribution in [2.24, 2.45) is 0 Å². The van der Waals surface area contributed by atoms with E-state index in [-0.39, 0.29) is 23.2 Å². The van der Waals surface area contributed by atoms with Crippen LogP contribution in [0.25, 0.3) is 0 Å². The van der Waals surface area contributed by atoms with Crippen molar-refractivity contribution < 1.29 is 18.0 Å². The average Bonchev–Trinajstić information content (AvgIpc) is 3.20. The Balaban J connectivity index is 1.44. The SMILES string of the molecule is O=C(c1ccc(F)c(F)c1)N1CCC[C@H](c2cc(Cc3ccc(F)cc3)n[nH]2)C1. The molecule has 1 aromatic heterocycles. The molecule has 0 bridgehead atoms. The van der Waals surface area contributed by atoms with Gasteiger partial charge in [-0.05, 0) is 54.8 Å². The van der Waals surface area contributed by atoms with Crippen molar-refractivity contribution >= 4 is 5.91 Å². The molecule has 0 spiro atoms. The molecule has 150 valence electrons. The molecular formula is C22H20F3N3O. The summed E-state index contributed by atoms with van der Waals surface area (Å²) in [6.45, 7) is 1.06. The highest BCUT2D eigenvalue weighted by molar-refractivity contribution is 5.94. The highest BCUT2D eigenvalue weighted by Crippen LogP contribution is 2.27. The lowest BCUT2D eigenvalue weighted by molar-refractivity contribution is 0.0705. The summed E-state index contributed by atoms with van der Waals surface area (Å²) < 4.78 is 39.7. The molecule has 1 atom stereocenters. The van der Waals surface area contributed by atoms with Crippen molar-refractivity contribution in [3.8, 4) is 0 Å². The number of H-pyrrole nitrogens is 1. The lowest BCUT2D eigenvalue weighted by Gasteiger charge is -2.32. The Morgan fingerprint density at radius 3 is 2.62 bits per heavy atom. The van der Waals surface area contributed by atoms with Crippen LogP contribution in [0.15, 0.2) is 48.5 Å². The molecule has 1 N–H and O–H groups in total. The van der Waals surface area contributed by atoms with Gasteiger partial charge in [0.05, 0.1) is 5.69 Å². The van der Waals surface area contributed by atoms with Gasteiger partial charge in [0.2, 0.25) is 0 Å². The first-order valence-corrected chi connectivity index (χ1v) is 9.52. The van der Waals surface area contributed by atoms with Crippen molar-refractivity contribution in [3.63, 3.8) is 0 Å². The fraction of sp³-hybridized carbons (Fsp3) is 0.273. The first kappa shape index (κ1) is 19.2. The summed E-state index contributed by atoms with van der Waals surface area (Å²) >= 11 is 0. The zero-order chi connectivity index (χ0) is 20.4. The molecule has 7 heteroatoms. The van der Waals surface area contributed by atoms with E-state index in [0.717, 1.165) is 41.9 Å². The minimum Gasteiger partial charge on any atom is -0.338 e. The highest BCUT2D eigenvalue weighted by atomic mass is 19.2. The summed E-state index contributed by atoms with van der Waals surface area (Å²) in [5, 5.41) is 7.40. The number of rotatable bonds is 4. The van der Waals surface area contributed by atoms with Crippen LogP contribution in [0, 0.1) is 17.5 Å². The number of piperidine rings is 1. The van der Waals surface area contributed by atoms with Crippen LogP contribution >= 0.6 is 0 Å². The molecule has 4 nitrogen and oxygen atoms in total. The van der Waals surface area contributed by atoms with Crippen molar-refractivity contribution in [1.29, 1.82) is 0 Å². The predicted octanol–water partition coefficient (Wildman–Crippen LogP) is 4.44. The summed E-state index contributed by atoms with van der Waals surface area (Å²) in [5.41, 5.74) is 2.88. The first-order valence-electron chi connectivity index (χ1n) is 9.52. The van der Waals surface area contributed by atoms with Crippen LogP contribution in [0.1, 0.15) is 46.1 Å². The summed E-state index contributed by atoms with van der Waals surface area (Å²) in [6.07, 6.45) is 2.30. The number of nitrogens with zero attached hydrogens (tertiary/aromatic N) is 2. The van der Waals surface area contributed by atoms with E-state index >= 15 is 0 Å². The van der Waals surface area contributed by atoms with Crippen LogP contribution in [0.5, 0.6) is 0 Å². The number of aromatic nitrogens is 2. The van der Waals surface area contributed by atoms with Crippen molar-refractivity contribution in [2.75, 3.05) is 13.1 Å². The van der Waals surface area contributed by atoms with Gasteiger partial charge in [0.15, 0.2) is 11.6 Å². The van der Waals surface area contributed by atoms with Crippen LogP contribution < -0.4 is 0 Å². The number of hydrogen-bond acceptors (Lipinski definition) is 2. The Morgan fingerprint density at radius 2 is 1.86 bits per heavy atom. The molecule has 2 aromatic carbocycles. The molecule has 1 aliphatic rings. The number of aromatic amines is 1. The third kappa shape index (κ3) is 4.34. The van der Waals surface area contributed by atoms with E-state index in [2.05, 4.69) is 10.2 Å². The van der Waals surface area contributed by atoms with Gasteiger partial charge in [-0.1, -0.05) is 12.1 Å². The number of carbonyl (C=O) groups is 1. The van der Waals surface area contributed by atoms with Gasteiger partial charge in [0, 0.05) is 36.7 Å². The molecule has 3 aromatic rings. The second-order valence-electron chi connectivity index (χ2n) is 7.34. The molecule has 1 amide bonds. The van der Waals surface area contributed by atoms with Gasteiger partial charge in [0.1, 0.15) is 5.82 Å². The third-order valence-electron chi connectivity index (χ3n) is 5.26. The van der Waals surface area contributed by atoms with Crippen LogP contribution in [-0.2, 0) is 6.42 Å². The number of amides is 1. The molecule has 0 aliphatic carbocycles. The van der Waals surface area contributed by atoms with Crippen LogP contribution in [0.2, 0.25) is 0 Å². The summed E-state index contributed by atoms with van der Waals surface area (Å²) in [7, 11) is 0. The minimum absolute atomic E-state index is 0.0902. The van der Waals surface area contributed by atoms with Gasteiger partial charge in [-0.15, -0.1) is 0 Å². The molecular weight excluding hydrogens is 379 g/mol. The normalized spacial score (nSPS) is 16.8. The summed E-state index contributed by atoms with van der Waals surface area (Å²) in [5.74, 6) is -2.48. The van der Waals surface area contributed by atoms with E-state index in [0.29, 0.717) is 19.5 Å². The van der Waals surface area contributed by atoms with Crippen LogP contribution in [-0.4, -0.2) is 34.1 Å². The van der Waals surface area contributed by atoms with Gasteiger partial charge >= 0.3 is 0 Å². The maximum Gasteiger partial charge on any atom is 0.253 e. The largest absolute Gasteiger partial charge is 0.338 e. The van der Waals surface area contributed by atoms with Crippen molar-refractivity contribution in [1.82, 2.24) is 15.1 Å². The fourth-order valence-corrected chi connectivity index (χ4v) is 3.72. The Labute approximate surface area is 166 Å². The number of nitrogens with one attached hydrogen (secondary N) is 1. The lowest BCUT2D eigenvalue weighted by atomic mass is 9.94. The third-order valence-corrected chi connectivity index (χ3v) is 5.26. The van der Waals surface area contributed by atoms with Gasteiger partial charge in [-0.3, -0.25) is 9.89 Å². The molecule has 29 heavy (non-hydrogen) atoms. The van der Waals surface area contributed by atoms with Crippen molar-refractivity contribution in [2.45, 2.75) is 25.2 Å². The maximum atomic E-state index is 13.5. The second-order valence-corrected chi connectivity index (χ2v) is 7.34. The van der Waals surface area contributed by atoms with Gasteiger partial charge in [-0.2, -0.15) is 5.10 Å². The molecule has 0 unspecified atom stereocenters. The molecule has 1 saturated heterocycles. The Bertz CT molecular complexity index is 1020. The molecule has 4 rings (SSSR count). The van der Waals surface area contributed by atoms with E-state index in [1.54, 1.807) is 17.0 Å². The predicted molar refractivity (Wildman–Crippen MR) is 102 cm³/mol. The van der Waals surface area contributed by atoms with Crippen LogP contribution in [0.3, 0.4) is 0 Å². The van der Waals surface area contributed by atoms with Gasteiger partial charge in [-0.25, -0.2) is 13.2 Å². The molecule has 0 radical (unpaired) electrons. The summed E-state index contributed by atoms with van der Waals surface area (Å²) in [4.78, 5) is 14.4. The van der Waals surface area contributed by atoms with Gasteiger partial charge in [0.25, 0.3) is 5.91 Å². The van der Waals surface area contributed by atoms with E-state index in [9.17, 15) is 18.0 Å². The fourth-order valence-electron chi connectivity index (χ4n) is 3.72. The van der Waals surface area contributed by atoms with E-state index < -0.39 is 11.6 Å². The Hall–Kier alpha value is -3.09. The Morgan fingerprint density at radius 1 is 1.07 bits per heavy atom. The molecule has 1 fully saturated rings. The zero-order valence-corrected chi connectivity index (χ0v) is 15.7. The first-order chi connectivity index (χ1) is 14.0. The molecule has 0 saturated carbocycles. The van der Waals surface area contributed by atoms with Crippen LogP contribution in [0.4, 0.5) is 13.2 Å². The number of halogens is 3. The number of benzene rings is 2. The number of likely N-dealkylation sites (tertiary alicyclic amines) is 1. The standard InChI is InChI=1S/C22H20F3N3O/c23-17-6-3-14(4-7-17)10-18-12-21(27-26-18)16-2-1-9-28(13-16)22(29)15-5-8-19(24)20(25)11-15/h3-8,11-12,16H,1-2,9-10,13H2,(H,26,27)/t16-/m0/s1.